The highest BCUT2D eigenvalue weighted by Gasteiger charge is 2.20. The molecule has 7 nitrogen and oxygen atoms in total. The third-order valence-electron chi connectivity index (χ3n) is 3.31. The second-order valence-corrected chi connectivity index (χ2v) is 7.91. The smallest absolute Gasteiger partial charge is 0.433 e. The van der Waals surface area contributed by atoms with Crippen molar-refractivity contribution < 1.29 is 22.1 Å². The summed E-state index contributed by atoms with van der Waals surface area (Å²) in [6.07, 6.45) is 1.33. The lowest BCUT2D eigenvalue weighted by Crippen LogP contribution is -2.15. The molecule has 2 aromatic carbocycles. The summed E-state index contributed by atoms with van der Waals surface area (Å²) in [5, 5.41) is 1.00. The zero-order valence-electron chi connectivity index (χ0n) is 15.2. The number of rotatable bonds is 6. The maximum absolute atomic E-state index is 11.7. The van der Waals surface area contributed by atoms with Crippen molar-refractivity contribution in [2.75, 3.05) is 18.1 Å². The lowest BCUT2D eigenvalue weighted by Gasteiger charge is -2.06. The molecule has 2 rings (SSSR count). The summed E-state index contributed by atoms with van der Waals surface area (Å²) in [5.41, 5.74) is 11.7. The first-order valence-corrected chi connectivity index (χ1v) is 10.5. The SMILES string of the molecule is CCCCCOC(=O)OS(=O)(=O)c1ccc(N)cc1.Nc1c(Cl)cccc1Cl. The number of nitrogen functional groups attached to an aromatic ring is 2. The fourth-order valence-corrected chi connectivity index (χ4v) is 3.00. The summed E-state index contributed by atoms with van der Waals surface area (Å²) in [5.74, 6) is 0. The summed E-state index contributed by atoms with van der Waals surface area (Å²) < 4.78 is 32.3. The monoisotopic (exact) mass is 448 g/mol. The van der Waals surface area contributed by atoms with Crippen LogP contribution in [-0.4, -0.2) is 21.2 Å². The van der Waals surface area contributed by atoms with Crippen molar-refractivity contribution in [2.24, 2.45) is 0 Å². The Morgan fingerprint density at radius 1 is 1.00 bits per heavy atom. The predicted molar refractivity (Wildman–Crippen MR) is 111 cm³/mol. The van der Waals surface area contributed by atoms with E-state index in [0.717, 1.165) is 12.8 Å². The van der Waals surface area contributed by atoms with Crippen LogP contribution in [0.4, 0.5) is 16.2 Å². The number of benzene rings is 2. The number of halogens is 2. The van der Waals surface area contributed by atoms with Gasteiger partial charge in [0.25, 0.3) is 0 Å². The molecule has 0 aliphatic heterocycles. The Balaban J connectivity index is 0.000000362. The van der Waals surface area contributed by atoms with Crippen LogP contribution in [0.3, 0.4) is 0 Å². The Bertz CT molecular complexity index is 854. The molecule has 0 atom stereocenters. The summed E-state index contributed by atoms with van der Waals surface area (Å²) in [6.45, 7) is 2.15. The fraction of sp³-hybridized carbons (Fsp3) is 0.278. The molecule has 154 valence electrons. The molecular weight excluding hydrogens is 427 g/mol. The Morgan fingerprint density at radius 3 is 2.07 bits per heavy atom. The van der Waals surface area contributed by atoms with Gasteiger partial charge in [0.2, 0.25) is 0 Å². The molecule has 0 amide bonds. The zero-order valence-corrected chi connectivity index (χ0v) is 17.6. The molecular formula is C18H22Cl2N2O5S. The van der Waals surface area contributed by atoms with Gasteiger partial charge in [-0.25, -0.2) is 4.79 Å². The minimum absolute atomic E-state index is 0.143. The number of anilines is 2. The van der Waals surface area contributed by atoms with Crippen molar-refractivity contribution in [1.82, 2.24) is 0 Å². The Morgan fingerprint density at radius 2 is 1.57 bits per heavy atom. The molecule has 0 bridgehead atoms. The standard InChI is InChI=1S/C12H17NO5S.C6H5Cl2N/c1-2-3-4-9-17-12(14)18-19(15,16)11-7-5-10(13)6-8-11;7-4-2-1-3-5(8)6(4)9/h5-8H,2-4,9,13H2,1H3;1-3H,9H2. The molecule has 0 unspecified atom stereocenters. The van der Waals surface area contributed by atoms with E-state index >= 15 is 0 Å². The minimum Gasteiger partial charge on any atom is -0.433 e. The van der Waals surface area contributed by atoms with Gasteiger partial charge < -0.3 is 20.4 Å². The summed E-state index contributed by atoms with van der Waals surface area (Å²) in [7, 11) is -4.15. The largest absolute Gasteiger partial charge is 0.524 e. The van der Waals surface area contributed by atoms with Crippen molar-refractivity contribution in [1.29, 1.82) is 0 Å². The van der Waals surface area contributed by atoms with E-state index in [1.54, 1.807) is 18.2 Å². The van der Waals surface area contributed by atoms with Crippen LogP contribution in [-0.2, 0) is 19.0 Å². The maximum atomic E-state index is 11.7. The molecule has 10 heteroatoms. The first kappa shape index (κ1) is 23.9. The van der Waals surface area contributed by atoms with E-state index in [9.17, 15) is 13.2 Å². The van der Waals surface area contributed by atoms with Gasteiger partial charge in [0.05, 0.1) is 22.3 Å². The summed E-state index contributed by atoms with van der Waals surface area (Å²) in [6, 6.07) is 10.5. The van der Waals surface area contributed by atoms with Crippen molar-refractivity contribution in [3.63, 3.8) is 0 Å². The maximum Gasteiger partial charge on any atom is 0.524 e. The fourth-order valence-electron chi connectivity index (χ4n) is 1.81. The molecule has 0 fully saturated rings. The normalized spacial score (nSPS) is 10.5. The summed E-state index contributed by atoms with van der Waals surface area (Å²) in [4.78, 5) is 11.1. The van der Waals surface area contributed by atoms with E-state index < -0.39 is 16.3 Å². The molecule has 0 heterocycles. The van der Waals surface area contributed by atoms with Crippen LogP contribution >= 0.6 is 23.2 Å². The topological polar surface area (TPSA) is 122 Å². The average molecular weight is 449 g/mol. The van der Waals surface area contributed by atoms with Gasteiger partial charge in [-0.15, -0.1) is 0 Å². The number of carbonyl (C=O) groups is 1. The van der Waals surface area contributed by atoms with Gasteiger partial charge >= 0.3 is 16.3 Å². The van der Waals surface area contributed by atoms with Crippen molar-refractivity contribution >= 4 is 50.9 Å². The molecule has 0 aromatic heterocycles. The number of ether oxygens (including phenoxy) is 1. The highest BCUT2D eigenvalue weighted by atomic mass is 35.5. The van der Waals surface area contributed by atoms with Gasteiger partial charge in [-0.2, -0.15) is 8.42 Å². The van der Waals surface area contributed by atoms with E-state index in [1.165, 1.54) is 24.3 Å². The lowest BCUT2D eigenvalue weighted by atomic mass is 10.3. The molecule has 0 spiro atoms. The minimum atomic E-state index is -4.15. The highest BCUT2D eigenvalue weighted by Crippen LogP contribution is 2.25. The van der Waals surface area contributed by atoms with Crippen molar-refractivity contribution in [2.45, 2.75) is 31.1 Å². The Labute approximate surface area is 174 Å². The van der Waals surface area contributed by atoms with E-state index in [2.05, 4.69) is 8.92 Å². The summed E-state index contributed by atoms with van der Waals surface area (Å²) >= 11 is 11.2. The van der Waals surface area contributed by atoms with E-state index in [-0.39, 0.29) is 11.5 Å². The van der Waals surface area contributed by atoms with Gasteiger partial charge in [-0.3, -0.25) is 0 Å². The van der Waals surface area contributed by atoms with Gasteiger partial charge in [-0.1, -0.05) is 49.0 Å². The number of hydrogen-bond donors (Lipinski definition) is 2. The van der Waals surface area contributed by atoms with Gasteiger partial charge in [0, 0.05) is 5.69 Å². The number of carbonyl (C=O) groups excluding carboxylic acids is 1. The molecule has 28 heavy (non-hydrogen) atoms. The molecule has 2 aromatic rings. The van der Waals surface area contributed by atoms with Crippen LogP contribution in [0.2, 0.25) is 10.0 Å². The van der Waals surface area contributed by atoms with Crippen LogP contribution in [0.5, 0.6) is 0 Å². The number of nitrogens with two attached hydrogens (primary N) is 2. The lowest BCUT2D eigenvalue weighted by molar-refractivity contribution is 0.0997. The first-order chi connectivity index (χ1) is 13.2. The molecule has 0 saturated heterocycles. The van der Waals surface area contributed by atoms with Crippen LogP contribution < -0.4 is 11.5 Å². The van der Waals surface area contributed by atoms with Crippen LogP contribution in [0.25, 0.3) is 0 Å². The molecule has 0 saturated carbocycles. The van der Waals surface area contributed by atoms with E-state index in [1.807, 2.05) is 6.92 Å². The van der Waals surface area contributed by atoms with Gasteiger partial charge in [0.1, 0.15) is 4.90 Å². The quantitative estimate of drug-likeness (QED) is 0.279. The van der Waals surface area contributed by atoms with Crippen LogP contribution in [0.15, 0.2) is 47.4 Å². The molecule has 0 aliphatic rings. The van der Waals surface area contributed by atoms with E-state index in [4.69, 9.17) is 34.7 Å². The number of hydrogen-bond acceptors (Lipinski definition) is 7. The van der Waals surface area contributed by atoms with Gasteiger partial charge in [0.15, 0.2) is 0 Å². The number of unbranched alkanes of at least 4 members (excludes halogenated alkanes) is 2. The van der Waals surface area contributed by atoms with Crippen molar-refractivity contribution in [3.05, 3.63) is 52.5 Å². The van der Waals surface area contributed by atoms with Crippen molar-refractivity contribution in [3.8, 4) is 0 Å². The Hall–Kier alpha value is -2.16. The zero-order chi connectivity index (χ0) is 21.2. The molecule has 4 N–H and O–H groups in total. The Kier molecular flexibility index (Phi) is 9.92. The third-order valence-corrected chi connectivity index (χ3v) is 5.18. The molecule has 0 radical (unpaired) electrons. The van der Waals surface area contributed by atoms with Gasteiger partial charge in [-0.05, 0) is 42.8 Å². The van der Waals surface area contributed by atoms with E-state index in [0.29, 0.717) is 27.8 Å². The second kappa shape index (κ2) is 11.6. The first-order valence-electron chi connectivity index (χ1n) is 8.33. The average Bonchev–Trinajstić information content (AvgIpc) is 2.64. The third kappa shape index (κ3) is 8.24. The molecule has 0 aliphatic carbocycles. The number of para-hydroxylation sites is 1. The van der Waals surface area contributed by atoms with Crippen LogP contribution in [0.1, 0.15) is 26.2 Å². The second-order valence-electron chi connectivity index (χ2n) is 5.55. The predicted octanol–water partition coefficient (Wildman–Crippen LogP) is 4.88. The highest BCUT2D eigenvalue weighted by molar-refractivity contribution is 7.87. The van der Waals surface area contributed by atoms with Crippen LogP contribution in [0, 0.1) is 0 Å².